The first-order chi connectivity index (χ1) is 14.9. The van der Waals surface area contributed by atoms with Gasteiger partial charge in [0.25, 0.3) is 11.8 Å². The highest BCUT2D eigenvalue weighted by Crippen LogP contribution is 2.31. The van der Waals surface area contributed by atoms with Crippen molar-refractivity contribution in [3.63, 3.8) is 0 Å². The molecule has 8 nitrogen and oxygen atoms in total. The molecule has 0 saturated carbocycles. The Labute approximate surface area is 180 Å². The molecule has 0 aromatic heterocycles. The van der Waals surface area contributed by atoms with Crippen LogP contribution in [0.25, 0.3) is 6.08 Å². The summed E-state index contributed by atoms with van der Waals surface area (Å²) >= 11 is 0. The SMILES string of the molecule is CCOc1cc(/C=C/C(=O)NN2C(=O)N[C@](CC)(c3ccccc3)C2=O)ccc1OC. The van der Waals surface area contributed by atoms with Crippen LogP contribution in [0.5, 0.6) is 11.5 Å². The van der Waals surface area contributed by atoms with Gasteiger partial charge in [-0.3, -0.25) is 15.0 Å². The fraction of sp³-hybridized carbons (Fsp3) is 0.261. The first-order valence-corrected chi connectivity index (χ1v) is 9.97. The number of amides is 4. The predicted octanol–water partition coefficient (Wildman–Crippen LogP) is 3.00. The van der Waals surface area contributed by atoms with Crippen LogP contribution in [-0.2, 0) is 15.1 Å². The highest BCUT2D eigenvalue weighted by atomic mass is 16.5. The number of carbonyl (C=O) groups excluding carboxylic acids is 3. The Morgan fingerprint density at radius 2 is 1.87 bits per heavy atom. The molecule has 0 radical (unpaired) electrons. The zero-order valence-corrected chi connectivity index (χ0v) is 17.7. The van der Waals surface area contributed by atoms with Crippen LogP contribution in [0, 0.1) is 0 Å². The summed E-state index contributed by atoms with van der Waals surface area (Å²) in [6.07, 6.45) is 3.14. The van der Waals surface area contributed by atoms with Crippen molar-refractivity contribution in [2.45, 2.75) is 25.8 Å². The molecule has 4 amide bonds. The maximum Gasteiger partial charge on any atom is 0.344 e. The van der Waals surface area contributed by atoms with E-state index in [1.807, 2.05) is 13.0 Å². The third kappa shape index (κ3) is 4.37. The lowest BCUT2D eigenvalue weighted by Gasteiger charge is -2.25. The molecule has 2 N–H and O–H groups in total. The molecule has 3 rings (SSSR count). The van der Waals surface area contributed by atoms with Gasteiger partial charge in [-0.1, -0.05) is 43.3 Å². The van der Waals surface area contributed by atoms with Gasteiger partial charge in [-0.2, -0.15) is 5.01 Å². The molecular weight excluding hydrogens is 398 g/mol. The maximum absolute atomic E-state index is 13.0. The summed E-state index contributed by atoms with van der Waals surface area (Å²) in [5.74, 6) is -0.00915. The number of benzene rings is 2. The molecule has 0 unspecified atom stereocenters. The lowest BCUT2D eigenvalue weighted by molar-refractivity contribution is -0.138. The van der Waals surface area contributed by atoms with Crippen LogP contribution < -0.4 is 20.2 Å². The Hall–Kier alpha value is -3.81. The molecule has 8 heteroatoms. The number of nitrogens with one attached hydrogen (secondary N) is 2. The number of carbonyl (C=O) groups is 3. The highest BCUT2D eigenvalue weighted by Gasteiger charge is 2.52. The first-order valence-electron chi connectivity index (χ1n) is 9.97. The largest absolute Gasteiger partial charge is 0.493 e. The van der Waals surface area contributed by atoms with Crippen LogP contribution in [0.4, 0.5) is 4.79 Å². The van der Waals surface area contributed by atoms with E-state index in [-0.39, 0.29) is 0 Å². The Kier molecular flexibility index (Phi) is 6.59. The zero-order chi connectivity index (χ0) is 22.4. The van der Waals surface area contributed by atoms with Gasteiger partial charge in [0.15, 0.2) is 11.5 Å². The monoisotopic (exact) mass is 423 g/mol. The topological polar surface area (TPSA) is 97.0 Å². The van der Waals surface area contributed by atoms with Crippen LogP contribution in [0.15, 0.2) is 54.6 Å². The molecule has 0 spiro atoms. The highest BCUT2D eigenvalue weighted by molar-refractivity contribution is 6.09. The van der Waals surface area contributed by atoms with E-state index in [4.69, 9.17) is 9.47 Å². The van der Waals surface area contributed by atoms with Crippen molar-refractivity contribution in [1.29, 1.82) is 0 Å². The normalized spacial score (nSPS) is 18.2. The smallest absolute Gasteiger partial charge is 0.344 e. The van der Waals surface area contributed by atoms with Gasteiger partial charge in [0.05, 0.1) is 13.7 Å². The van der Waals surface area contributed by atoms with Gasteiger partial charge < -0.3 is 14.8 Å². The van der Waals surface area contributed by atoms with Crippen molar-refractivity contribution in [3.05, 3.63) is 65.7 Å². The summed E-state index contributed by atoms with van der Waals surface area (Å²) < 4.78 is 10.8. The maximum atomic E-state index is 13.0. The van der Waals surface area contributed by atoms with Gasteiger partial charge in [-0.25, -0.2) is 4.79 Å². The van der Waals surface area contributed by atoms with Gasteiger partial charge in [0.1, 0.15) is 5.54 Å². The molecule has 1 fully saturated rings. The number of hydrogen-bond donors (Lipinski definition) is 2. The molecule has 1 aliphatic heterocycles. The summed E-state index contributed by atoms with van der Waals surface area (Å²) in [4.78, 5) is 37.9. The first kappa shape index (κ1) is 21.9. The minimum absolute atomic E-state index is 0.343. The fourth-order valence-corrected chi connectivity index (χ4v) is 3.42. The van der Waals surface area contributed by atoms with Gasteiger partial charge >= 0.3 is 6.03 Å². The standard InChI is InChI=1S/C23H25N3O5/c1-4-23(17-9-7-6-8-10-17)21(28)26(22(29)24-23)25-20(27)14-12-16-11-13-18(30-3)19(15-16)31-5-2/h6-15H,4-5H2,1-3H3,(H,24,29)(H,25,27)/b14-12+/t23-/m1/s1. The number of hydrogen-bond acceptors (Lipinski definition) is 5. The van der Waals surface area contributed by atoms with E-state index in [0.29, 0.717) is 35.7 Å². The lowest BCUT2D eigenvalue weighted by Crippen LogP contribution is -2.48. The number of nitrogens with zero attached hydrogens (tertiary/aromatic N) is 1. The van der Waals surface area contributed by atoms with Gasteiger partial charge in [-0.05, 0) is 42.7 Å². The minimum atomic E-state index is -1.21. The van der Waals surface area contributed by atoms with Crippen molar-refractivity contribution < 1.29 is 23.9 Å². The molecule has 2 aromatic carbocycles. The summed E-state index contributed by atoms with van der Waals surface area (Å²) in [6, 6.07) is 13.5. The third-order valence-corrected chi connectivity index (χ3v) is 5.03. The molecule has 1 saturated heterocycles. The van der Waals surface area contributed by atoms with Crippen LogP contribution >= 0.6 is 0 Å². The van der Waals surface area contributed by atoms with E-state index in [9.17, 15) is 14.4 Å². The average Bonchev–Trinajstić information content (AvgIpc) is 3.03. The van der Waals surface area contributed by atoms with E-state index in [1.165, 1.54) is 6.08 Å². The van der Waals surface area contributed by atoms with Crippen molar-refractivity contribution in [2.24, 2.45) is 0 Å². The molecule has 31 heavy (non-hydrogen) atoms. The lowest BCUT2D eigenvalue weighted by atomic mass is 9.87. The number of hydrazine groups is 1. The average molecular weight is 423 g/mol. The fourth-order valence-electron chi connectivity index (χ4n) is 3.42. The number of rotatable bonds is 8. The molecule has 2 aromatic rings. The minimum Gasteiger partial charge on any atom is -0.493 e. The van der Waals surface area contributed by atoms with E-state index >= 15 is 0 Å². The number of ether oxygens (including phenoxy) is 2. The third-order valence-electron chi connectivity index (χ3n) is 5.03. The Bertz CT molecular complexity index is 1010. The number of urea groups is 1. The molecular formula is C23H25N3O5. The molecule has 1 heterocycles. The van der Waals surface area contributed by atoms with Crippen molar-refractivity contribution in [3.8, 4) is 11.5 Å². The molecule has 0 aliphatic carbocycles. The van der Waals surface area contributed by atoms with Gasteiger partial charge in [0.2, 0.25) is 0 Å². The second kappa shape index (κ2) is 9.34. The quantitative estimate of drug-likeness (QED) is 0.503. The van der Waals surface area contributed by atoms with Gasteiger partial charge in [-0.15, -0.1) is 0 Å². The van der Waals surface area contributed by atoms with E-state index in [2.05, 4.69) is 10.7 Å². The van der Waals surface area contributed by atoms with Gasteiger partial charge in [0, 0.05) is 6.08 Å². The van der Waals surface area contributed by atoms with Crippen LogP contribution in [0.2, 0.25) is 0 Å². The molecule has 0 bridgehead atoms. The second-order valence-electron chi connectivity index (χ2n) is 6.85. The van der Waals surface area contributed by atoms with Crippen LogP contribution in [-0.4, -0.2) is 36.6 Å². The van der Waals surface area contributed by atoms with E-state index in [0.717, 1.165) is 5.01 Å². The Balaban J connectivity index is 1.74. The van der Waals surface area contributed by atoms with Crippen molar-refractivity contribution in [1.82, 2.24) is 15.8 Å². The molecule has 1 aliphatic rings. The van der Waals surface area contributed by atoms with Crippen LogP contribution in [0.3, 0.4) is 0 Å². The zero-order valence-electron chi connectivity index (χ0n) is 17.7. The second-order valence-corrected chi connectivity index (χ2v) is 6.85. The molecule has 162 valence electrons. The number of methoxy groups -OCH3 is 1. The van der Waals surface area contributed by atoms with Crippen LogP contribution in [0.1, 0.15) is 31.4 Å². The summed E-state index contributed by atoms with van der Waals surface area (Å²) in [5, 5.41) is 3.44. The van der Waals surface area contributed by atoms with Crippen molar-refractivity contribution in [2.75, 3.05) is 13.7 Å². The summed E-state index contributed by atoms with van der Waals surface area (Å²) in [5.41, 5.74) is 2.50. The van der Waals surface area contributed by atoms with Crippen molar-refractivity contribution >= 4 is 23.9 Å². The Morgan fingerprint density at radius 3 is 2.52 bits per heavy atom. The Morgan fingerprint density at radius 1 is 1.13 bits per heavy atom. The summed E-state index contributed by atoms with van der Waals surface area (Å²) in [6.45, 7) is 4.13. The van der Waals surface area contributed by atoms with E-state index < -0.39 is 23.4 Å². The summed E-state index contributed by atoms with van der Waals surface area (Å²) in [7, 11) is 1.55. The van der Waals surface area contributed by atoms with E-state index in [1.54, 1.807) is 62.6 Å². The molecule has 1 atom stereocenters. The predicted molar refractivity (Wildman–Crippen MR) is 115 cm³/mol. The number of imide groups is 1.